The molecule has 1 rings (SSSR count). The average molecular weight is 228 g/mol. The van der Waals surface area contributed by atoms with Gasteiger partial charge in [-0.2, -0.15) is 4.98 Å². The molecule has 0 aliphatic heterocycles. The van der Waals surface area contributed by atoms with Crippen LogP contribution in [0.15, 0.2) is 10.9 Å². The number of methoxy groups -OCH3 is 1. The molecule has 0 aliphatic carbocycles. The molecule has 0 saturated heterocycles. The molecule has 0 aliphatic rings. The molecule has 7 heteroatoms. The molecule has 0 fully saturated rings. The van der Waals surface area contributed by atoms with Crippen LogP contribution < -0.4 is 11.1 Å². The first-order valence-corrected chi connectivity index (χ1v) is 5.01. The molecule has 0 saturated carbocycles. The number of ether oxygens (including phenoxy) is 1. The van der Waals surface area contributed by atoms with Gasteiger partial charge in [0.15, 0.2) is 5.82 Å². The monoisotopic (exact) mass is 228 g/mol. The van der Waals surface area contributed by atoms with E-state index < -0.39 is 0 Å². The first-order valence-electron chi connectivity index (χ1n) is 5.01. The second kappa shape index (κ2) is 6.91. The van der Waals surface area contributed by atoms with Crippen molar-refractivity contribution in [3.05, 3.63) is 12.2 Å². The minimum Gasteiger partial charge on any atom is -0.380 e. The van der Waals surface area contributed by atoms with Gasteiger partial charge in [0.05, 0.1) is 12.5 Å². The summed E-state index contributed by atoms with van der Waals surface area (Å²) in [6, 6.07) is 0. The zero-order valence-electron chi connectivity index (χ0n) is 9.18. The number of carbonyl (C=O) groups is 1. The summed E-state index contributed by atoms with van der Waals surface area (Å²) in [7, 11) is 1.53. The topological polar surface area (TPSA) is 103 Å². The van der Waals surface area contributed by atoms with Crippen molar-refractivity contribution in [1.29, 1.82) is 0 Å². The number of carbonyl (C=O) groups excluding carboxylic acids is 1. The van der Waals surface area contributed by atoms with Gasteiger partial charge in [-0.05, 0) is 0 Å². The van der Waals surface area contributed by atoms with Crippen LogP contribution >= 0.6 is 0 Å². The maximum absolute atomic E-state index is 11.4. The predicted octanol–water partition coefficient (Wildman–Crippen LogP) is -0.908. The normalized spacial score (nSPS) is 12.4. The number of hydrogen-bond donors (Lipinski definition) is 2. The Morgan fingerprint density at radius 3 is 3.12 bits per heavy atom. The first kappa shape index (κ1) is 12.6. The molecule has 0 radical (unpaired) electrons. The molecule has 90 valence electrons. The van der Waals surface area contributed by atoms with E-state index >= 15 is 0 Å². The highest BCUT2D eigenvalue weighted by Gasteiger charge is 2.10. The van der Waals surface area contributed by atoms with Gasteiger partial charge in [-0.15, -0.1) is 0 Å². The summed E-state index contributed by atoms with van der Waals surface area (Å²) >= 11 is 0. The molecule has 1 aromatic rings. The van der Waals surface area contributed by atoms with E-state index in [-0.39, 0.29) is 18.4 Å². The third-order valence-corrected chi connectivity index (χ3v) is 2.09. The molecule has 0 spiro atoms. The fourth-order valence-electron chi connectivity index (χ4n) is 1.16. The van der Waals surface area contributed by atoms with Gasteiger partial charge in [-0.3, -0.25) is 4.79 Å². The highest BCUT2D eigenvalue weighted by molar-refractivity contribution is 5.76. The summed E-state index contributed by atoms with van der Waals surface area (Å²) in [5.74, 6) is 0.475. The lowest BCUT2D eigenvalue weighted by Crippen LogP contribution is -2.33. The quantitative estimate of drug-likeness (QED) is 0.626. The Morgan fingerprint density at radius 1 is 1.75 bits per heavy atom. The SMILES string of the molecule is COC(CN)CC(=O)NCCc1ncon1. The third kappa shape index (κ3) is 4.37. The lowest BCUT2D eigenvalue weighted by Gasteiger charge is -2.11. The van der Waals surface area contributed by atoms with E-state index in [1.807, 2.05) is 0 Å². The Balaban J connectivity index is 2.15. The summed E-state index contributed by atoms with van der Waals surface area (Å²) in [6.07, 6.45) is 1.83. The van der Waals surface area contributed by atoms with Crippen LogP contribution in [0.2, 0.25) is 0 Å². The van der Waals surface area contributed by atoms with Crippen molar-refractivity contribution in [3.8, 4) is 0 Å². The molecule has 1 amide bonds. The van der Waals surface area contributed by atoms with Crippen LogP contribution in [0, 0.1) is 0 Å². The van der Waals surface area contributed by atoms with Gasteiger partial charge in [0.2, 0.25) is 12.3 Å². The Bertz CT molecular complexity index is 298. The lowest BCUT2D eigenvalue weighted by molar-refractivity contribution is -0.123. The molecular weight excluding hydrogens is 212 g/mol. The van der Waals surface area contributed by atoms with Crippen LogP contribution in [0.5, 0.6) is 0 Å². The molecule has 1 unspecified atom stereocenters. The van der Waals surface area contributed by atoms with E-state index in [1.165, 1.54) is 13.5 Å². The molecule has 16 heavy (non-hydrogen) atoms. The van der Waals surface area contributed by atoms with Crippen molar-refractivity contribution in [3.63, 3.8) is 0 Å². The van der Waals surface area contributed by atoms with Gasteiger partial charge < -0.3 is 20.3 Å². The molecular formula is C9H16N4O3. The zero-order valence-corrected chi connectivity index (χ0v) is 9.18. The Hall–Kier alpha value is -1.47. The van der Waals surface area contributed by atoms with E-state index in [1.54, 1.807) is 0 Å². The number of nitrogens with one attached hydrogen (secondary N) is 1. The average Bonchev–Trinajstić information content (AvgIpc) is 2.79. The molecule has 3 N–H and O–H groups in total. The minimum absolute atomic E-state index is 0.0965. The Morgan fingerprint density at radius 2 is 2.56 bits per heavy atom. The van der Waals surface area contributed by atoms with E-state index in [2.05, 4.69) is 20.0 Å². The summed E-state index contributed by atoms with van der Waals surface area (Å²) in [6.45, 7) is 0.800. The summed E-state index contributed by atoms with van der Waals surface area (Å²) in [5, 5.41) is 6.35. The third-order valence-electron chi connectivity index (χ3n) is 2.09. The van der Waals surface area contributed by atoms with Gasteiger partial charge in [-0.1, -0.05) is 5.16 Å². The number of amides is 1. The zero-order chi connectivity index (χ0) is 11.8. The van der Waals surface area contributed by atoms with Gasteiger partial charge in [0.25, 0.3) is 0 Å². The van der Waals surface area contributed by atoms with Gasteiger partial charge in [0, 0.05) is 26.6 Å². The predicted molar refractivity (Wildman–Crippen MR) is 55.5 cm³/mol. The van der Waals surface area contributed by atoms with Crippen molar-refractivity contribution >= 4 is 5.91 Å². The molecule has 0 bridgehead atoms. The number of nitrogens with zero attached hydrogens (tertiary/aromatic N) is 2. The number of aromatic nitrogens is 2. The molecule has 7 nitrogen and oxygen atoms in total. The summed E-state index contributed by atoms with van der Waals surface area (Å²) in [5.41, 5.74) is 5.40. The maximum atomic E-state index is 11.4. The lowest BCUT2D eigenvalue weighted by atomic mass is 10.2. The van der Waals surface area contributed by atoms with Gasteiger partial charge in [0.1, 0.15) is 0 Å². The second-order valence-electron chi connectivity index (χ2n) is 3.24. The smallest absolute Gasteiger partial charge is 0.222 e. The molecule has 1 atom stereocenters. The van der Waals surface area contributed by atoms with Gasteiger partial charge >= 0.3 is 0 Å². The molecule has 0 aromatic carbocycles. The highest BCUT2D eigenvalue weighted by Crippen LogP contribution is 1.94. The highest BCUT2D eigenvalue weighted by atomic mass is 16.5. The number of rotatable bonds is 7. The van der Waals surface area contributed by atoms with Crippen LogP contribution in [0.25, 0.3) is 0 Å². The van der Waals surface area contributed by atoms with Gasteiger partial charge in [-0.25, -0.2) is 0 Å². The maximum Gasteiger partial charge on any atom is 0.222 e. The van der Waals surface area contributed by atoms with Crippen molar-refractivity contribution in [1.82, 2.24) is 15.5 Å². The van der Waals surface area contributed by atoms with Crippen LogP contribution in [0.4, 0.5) is 0 Å². The Labute approximate surface area is 93.3 Å². The second-order valence-corrected chi connectivity index (χ2v) is 3.24. The summed E-state index contributed by atoms with van der Waals surface area (Å²) < 4.78 is 9.56. The van der Waals surface area contributed by atoms with Crippen LogP contribution in [0.3, 0.4) is 0 Å². The number of hydrogen-bond acceptors (Lipinski definition) is 6. The molecule has 1 aromatic heterocycles. The minimum atomic E-state index is -0.231. The van der Waals surface area contributed by atoms with Crippen molar-refractivity contribution in [2.45, 2.75) is 18.9 Å². The van der Waals surface area contributed by atoms with Crippen molar-refractivity contribution < 1.29 is 14.1 Å². The largest absolute Gasteiger partial charge is 0.380 e. The fraction of sp³-hybridized carbons (Fsp3) is 0.667. The standard InChI is InChI=1S/C9H16N4O3/c1-15-7(5-10)4-9(14)11-3-2-8-12-6-16-13-8/h6-7H,2-5,10H2,1H3,(H,11,14). The van der Waals surface area contributed by atoms with E-state index in [9.17, 15) is 4.79 Å². The van der Waals surface area contributed by atoms with E-state index in [4.69, 9.17) is 10.5 Å². The first-order chi connectivity index (χ1) is 7.76. The van der Waals surface area contributed by atoms with E-state index in [0.29, 0.717) is 25.3 Å². The van der Waals surface area contributed by atoms with Crippen LogP contribution in [-0.4, -0.2) is 42.4 Å². The van der Waals surface area contributed by atoms with Crippen LogP contribution in [0.1, 0.15) is 12.2 Å². The fourth-order valence-corrected chi connectivity index (χ4v) is 1.16. The van der Waals surface area contributed by atoms with E-state index in [0.717, 1.165) is 0 Å². The Kier molecular flexibility index (Phi) is 5.44. The van der Waals surface area contributed by atoms with Crippen molar-refractivity contribution in [2.24, 2.45) is 5.73 Å². The van der Waals surface area contributed by atoms with Crippen LogP contribution in [-0.2, 0) is 16.0 Å². The molecule has 1 heterocycles. The summed E-state index contributed by atoms with van der Waals surface area (Å²) in [4.78, 5) is 15.2. The number of nitrogens with two attached hydrogens (primary N) is 1. The van der Waals surface area contributed by atoms with Crippen molar-refractivity contribution in [2.75, 3.05) is 20.2 Å².